The van der Waals surface area contributed by atoms with Crippen LogP contribution in [0.4, 0.5) is 0 Å². The van der Waals surface area contributed by atoms with Gasteiger partial charge in [-0.15, -0.1) is 0 Å². The fraction of sp³-hybridized carbons (Fsp3) is 0.750. The minimum Gasteiger partial charge on any atom is -0.353 e. The molecule has 1 aliphatic carbocycles. The number of nitrogens with one attached hydrogen (secondary N) is 1. The van der Waals surface area contributed by atoms with Gasteiger partial charge in [-0.25, -0.2) is 0 Å². The van der Waals surface area contributed by atoms with Gasteiger partial charge in [0.2, 0.25) is 5.91 Å². The molecule has 1 aromatic rings. The van der Waals surface area contributed by atoms with Crippen molar-refractivity contribution in [1.82, 2.24) is 20.0 Å². The second kappa shape index (κ2) is 7.59. The van der Waals surface area contributed by atoms with E-state index in [-0.39, 0.29) is 5.91 Å². The zero-order chi connectivity index (χ0) is 15.2. The largest absolute Gasteiger partial charge is 0.353 e. The number of aromatic nitrogens is 2. The van der Waals surface area contributed by atoms with Gasteiger partial charge in [0.25, 0.3) is 0 Å². The van der Waals surface area contributed by atoms with Gasteiger partial charge in [-0.1, -0.05) is 12.8 Å². The smallest absolute Gasteiger partial charge is 0.220 e. The van der Waals surface area contributed by atoms with Crippen molar-refractivity contribution in [2.24, 2.45) is 13.0 Å². The Balaban J connectivity index is 1.79. The molecule has 2 atom stereocenters. The molecule has 0 spiro atoms. The van der Waals surface area contributed by atoms with E-state index in [1.54, 1.807) is 4.68 Å². The van der Waals surface area contributed by atoms with Crippen molar-refractivity contribution in [2.75, 3.05) is 20.6 Å². The van der Waals surface area contributed by atoms with Crippen LogP contribution in [0.3, 0.4) is 0 Å². The number of hydrogen-bond acceptors (Lipinski definition) is 3. The Morgan fingerprint density at radius 3 is 2.86 bits per heavy atom. The van der Waals surface area contributed by atoms with E-state index in [0.29, 0.717) is 18.4 Å². The SMILES string of the molecule is CN(C)CC1CCCCC1NC(=O)CCc1cnn(C)c1. The third-order valence-corrected chi connectivity index (χ3v) is 4.25. The van der Waals surface area contributed by atoms with Gasteiger partial charge in [0.05, 0.1) is 6.20 Å². The van der Waals surface area contributed by atoms with Crippen LogP contribution in [-0.4, -0.2) is 47.3 Å². The summed E-state index contributed by atoms with van der Waals surface area (Å²) in [6, 6.07) is 0.350. The number of rotatable bonds is 6. The molecule has 1 N–H and O–H groups in total. The summed E-state index contributed by atoms with van der Waals surface area (Å²) in [6.07, 6.45) is 10.0. The molecule has 1 aromatic heterocycles. The molecule has 5 nitrogen and oxygen atoms in total. The van der Waals surface area contributed by atoms with E-state index in [1.807, 2.05) is 19.4 Å². The molecule has 0 saturated heterocycles. The minimum atomic E-state index is 0.175. The van der Waals surface area contributed by atoms with Crippen molar-refractivity contribution in [1.29, 1.82) is 0 Å². The highest BCUT2D eigenvalue weighted by Crippen LogP contribution is 2.25. The van der Waals surface area contributed by atoms with Crippen LogP contribution in [0.5, 0.6) is 0 Å². The van der Waals surface area contributed by atoms with Crippen molar-refractivity contribution in [3.63, 3.8) is 0 Å². The highest BCUT2D eigenvalue weighted by Gasteiger charge is 2.26. The van der Waals surface area contributed by atoms with Gasteiger partial charge in [-0.2, -0.15) is 5.10 Å². The van der Waals surface area contributed by atoms with Gasteiger partial charge in [0.1, 0.15) is 0 Å². The predicted octanol–water partition coefficient (Wildman–Crippen LogP) is 1.59. The molecule has 118 valence electrons. The first kappa shape index (κ1) is 16.0. The highest BCUT2D eigenvalue weighted by atomic mass is 16.1. The van der Waals surface area contributed by atoms with Crippen molar-refractivity contribution >= 4 is 5.91 Å². The molecular weight excluding hydrogens is 264 g/mol. The summed E-state index contributed by atoms with van der Waals surface area (Å²) < 4.78 is 1.78. The summed E-state index contributed by atoms with van der Waals surface area (Å²) in [4.78, 5) is 14.4. The van der Waals surface area contributed by atoms with Crippen molar-refractivity contribution < 1.29 is 4.79 Å². The summed E-state index contributed by atoms with van der Waals surface area (Å²) in [6.45, 7) is 1.06. The van der Waals surface area contributed by atoms with Crippen LogP contribution in [0.2, 0.25) is 0 Å². The number of nitrogens with zero attached hydrogens (tertiary/aromatic N) is 3. The Hall–Kier alpha value is -1.36. The van der Waals surface area contributed by atoms with Gasteiger partial charge < -0.3 is 10.2 Å². The van der Waals surface area contributed by atoms with Gasteiger partial charge in [0.15, 0.2) is 0 Å². The molecule has 0 aliphatic heterocycles. The van der Waals surface area contributed by atoms with Crippen LogP contribution in [0.25, 0.3) is 0 Å². The lowest BCUT2D eigenvalue weighted by Crippen LogP contribution is -2.45. The number of carbonyl (C=O) groups is 1. The quantitative estimate of drug-likeness (QED) is 0.866. The van der Waals surface area contributed by atoms with Crippen molar-refractivity contribution in [2.45, 2.75) is 44.6 Å². The summed E-state index contributed by atoms with van der Waals surface area (Å²) in [5, 5.41) is 7.39. The molecule has 2 unspecified atom stereocenters. The van der Waals surface area contributed by atoms with E-state index in [0.717, 1.165) is 24.9 Å². The summed E-state index contributed by atoms with van der Waals surface area (Å²) in [5.74, 6) is 0.769. The molecular formula is C16H28N4O. The zero-order valence-electron chi connectivity index (χ0n) is 13.5. The number of carbonyl (C=O) groups excluding carboxylic acids is 1. The van der Waals surface area contributed by atoms with E-state index in [1.165, 1.54) is 19.3 Å². The molecule has 1 heterocycles. The Labute approximate surface area is 127 Å². The van der Waals surface area contributed by atoms with Crippen LogP contribution >= 0.6 is 0 Å². The highest BCUT2D eigenvalue weighted by molar-refractivity contribution is 5.76. The summed E-state index contributed by atoms with van der Waals surface area (Å²) in [7, 11) is 6.11. The second-order valence-electron chi connectivity index (χ2n) is 6.50. The molecule has 0 radical (unpaired) electrons. The van der Waals surface area contributed by atoms with Gasteiger partial charge >= 0.3 is 0 Å². The molecule has 1 saturated carbocycles. The molecule has 1 amide bonds. The van der Waals surface area contributed by atoms with E-state index in [9.17, 15) is 4.79 Å². The second-order valence-corrected chi connectivity index (χ2v) is 6.50. The fourth-order valence-corrected chi connectivity index (χ4v) is 3.22. The normalized spacial score (nSPS) is 22.5. The first-order valence-electron chi connectivity index (χ1n) is 7.96. The third-order valence-electron chi connectivity index (χ3n) is 4.25. The van der Waals surface area contributed by atoms with Crippen LogP contribution in [0.15, 0.2) is 12.4 Å². The number of aryl methyl sites for hydroxylation is 2. The minimum absolute atomic E-state index is 0.175. The maximum atomic E-state index is 12.2. The standard InChI is InChI=1S/C16H28N4O/c1-19(2)12-14-6-4-5-7-15(14)18-16(21)9-8-13-10-17-20(3)11-13/h10-11,14-15H,4-9,12H2,1-3H3,(H,18,21). The molecule has 0 aromatic carbocycles. The molecule has 1 fully saturated rings. The van der Waals surface area contributed by atoms with E-state index in [4.69, 9.17) is 0 Å². The van der Waals surface area contributed by atoms with Crippen molar-refractivity contribution in [3.8, 4) is 0 Å². The maximum absolute atomic E-state index is 12.2. The first-order chi connectivity index (χ1) is 10.0. The van der Waals surface area contributed by atoms with E-state index in [2.05, 4.69) is 29.4 Å². The monoisotopic (exact) mass is 292 g/mol. The molecule has 1 aliphatic rings. The van der Waals surface area contributed by atoms with Crippen LogP contribution in [0, 0.1) is 5.92 Å². The predicted molar refractivity (Wildman–Crippen MR) is 84.0 cm³/mol. The number of hydrogen-bond donors (Lipinski definition) is 1. The van der Waals surface area contributed by atoms with Gasteiger partial charge in [0, 0.05) is 32.3 Å². The first-order valence-corrected chi connectivity index (χ1v) is 7.96. The van der Waals surface area contributed by atoms with E-state index >= 15 is 0 Å². The Kier molecular flexibility index (Phi) is 5.79. The maximum Gasteiger partial charge on any atom is 0.220 e. The zero-order valence-corrected chi connectivity index (χ0v) is 13.5. The molecule has 2 rings (SSSR count). The topological polar surface area (TPSA) is 50.2 Å². The average molecular weight is 292 g/mol. The van der Waals surface area contributed by atoms with Crippen molar-refractivity contribution in [3.05, 3.63) is 18.0 Å². The summed E-state index contributed by atoms with van der Waals surface area (Å²) in [5.41, 5.74) is 1.13. The van der Waals surface area contributed by atoms with Crippen LogP contribution in [-0.2, 0) is 18.3 Å². The molecule has 21 heavy (non-hydrogen) atoms. The Morgan fingerprint density at radius 2 is 2.19 bits per heavy atom. The van der Waals surface area contributed by atoms with E-state index < -0.39 is 0 Å². The molecule has 5 heteroatoms. The van der Waals surface area contributed by atoms with Gasteiger partial charge in [-0.3, -0.25) is 9.48 Å². The van der Waals surface area contributed by atoms with Gasteiger partial charge in [-0.05, 0) is 44.8 Å². The Morgan fingerprint density at radius 1 is 1.43 bits per heavy atom. The lowest BCUT2D eigenvalue weighted by molar-refractivity contribution is -0.122. The lowest BCUT2D eigenvalue weighted by Gasteiger charge is -2.34. The Bertz CT molecular complexity index is 455. The third kappa shape index (κ3) is 5.16. The molecule has 0 bridgehead atoms. The lowest BCUT2D eigenvalue weighted by atomic mass is 9.84. The average Bonchev–Trinajstić information content (AvgIpc) is 2.84. The fourth-order valence-electron chi connectivity index (χ4n) is 3.22. The van der Waals surface area contributed by atoms with Crippen LogP contribution < -0.4 is 5.32 Å². The number of amides is 1. The van der Waals surface area contributed by atoms with Crippen LogP contribution in [0.1, 0.15) is 37.7 Å². The summed E-state index contributed by atoms with van der Waals surface area (Å²) >= 11 is 0.